The van der Waals surface area contributed by atoms with Crippen LogP contribution in [0.3, 0.4) is 0 Å². The van der Waals surface area contributed by atoms with Gasteiger partial charge in [-0.15, -0.1) is 24.0 Å². The van der Waals surface area contributed by atoms with Crippen LogP contribution in [0.2, 0.25) is 0 Å². The van der Waals surface area contributed by atoms with E-state index in [-0.39, 0.29) is 36.4 Å². The summed E-state index contributed by atoms with van der Waals surface area (Å²) in [7, 11) is 3.46. The molecule has 0 aliphatic carbocycles. The van der Waals surface area contributed by atoms with Crippen molar-refractivity contribution in [3.63, 3.8) is 0 Å². The molecule has 1 saturated heterocycles. The first-order valence-electron chi connectivity index (χ1n) is 10.3. The van der Waals surface area contributed by atoms with Crippen LogP contribution >= 0.6 is 24.0 Å². The Morgan fingerprint density at radius 2 is 1.83 bits per heavy atom. The number of amides is 1. The lowest BCUT2D eigenvalue weighted by molar-refractivity contribution is -0.127. The highest BCUT2D eigenvalue weighted by Gasteiger charge is 2.09. The maximum absolute atomic E-state index is 11.8. The van der Waals surface area contributed by atoms with Gasteiger partial charge in [0.1, 0.15) is 18.9 Å². The van der Waals surface area contributed by atoms with Gasteiger partial charge >= 0.3 is 0 Å². The first-order chi connectivity index (χ1) is 14.0. The first kappa shape index (κ1) is 26.4. The van der Waals surface area contributed by atoms with E-state index in [0.29, 0.717) is 19.1 Å². The second-order valence-corrected chi connectivity index (χ2v) is 7.28. The van der Waals surface area contributed by atoms with Crippen molar-refractivity contribution in [2.75, 3.05) is 73.2 Å². The Morgan fingerprint density at radius 3 is 2.50 bits per heavy atom. The number of hydrogen-bond acceptors (Lipinski definition) is 5. The number of morpholine rings is 1. The Morgan fingerprint density at radius 1 is 1.17 bits per heavy atom. The monoisotopic (exact) mass is 533 g/mol. The third kappa shape index (κ3) is 11.0. The fourth-order valence-electron chi connectivity index (χ4n) is 2.77. The number of nitrogens with zero attached hydrogens (tertiary/aromatic N) is 3. The van der Waals surface area contributed by atoms with Crippen LogP contribution in [0.1, 0.15) is 12.0 Å². The highest BCUT2D eigenvalue weighted by atomic mass is 127. The minimum absolute atomic E-state index is 0. The standard InChI is InChI=1S/C21H35N5O3.HI/c1-18-5-7-19(8-6-18)29-14-10-23-21(24-17-20(27)25(2)3)22-9-4-11-26-12-15-28-16-13-26;/h5-8H,4,9-17H2,1-3H3,(H2,22,23,24);1H. The number of carbonyl (C=O) groups excluding carboxylic acids is 1. The Hall–Kier alpha value is -1.59. The van der Waals surface area contributed by atoms with Gasteiger partial charge in [0.2, 0.25) is 5.91 Å². The SMILES string of the molecule is Cc1ccc(OCCNC(=NCC(=O)N(C)C)NCCCN2CCOCC2)cc1.I. The topological polar surface area (TPSA) is 78.4 Å². The van der Waals surface area contributed by atoms with Crippen LogP contribution in [0.4, 0.5) is 0 Å². The summed E-state index contributed by atoms with van der Waals surface area (Å²) in [5, 5.41) is 6.56. The predicted octanol–water partition coefficient (Wildman–Crippen LogP) is 1.34. The second-order valence-electron chi connectivity index (χ2n) is 7.28. The van der Waals surface area contributed by atoms with Crippen molar-refractivity contribution >= 4 is 35.8 Å². The number of benzene rings is 1. The third-order valence-corrected chi connectivity index (χ3v) is 4.60. The molecule has 2 N–H and O–H groups in total. The number of carbonyl (C=O) groups is 1. The number of hydrogen-bond donors (Lipinski definition) is 2. The molecule has 0 bridgehead atoms. The minimum atomic E-state index is -0.0321. The van der Waals surface area contributed by atoms with Crippen LogP contribution in [-0.2, 0) is 9.53 Å². The molecule has 0 unspecified atom stereocenters. The fraction of sp³-hybridized carbons (Fsp3) is 0.619. The van der Waals surface area contributed by atoms with Crippen molar-refractivity contribution in [3.05, 3.63) is 29.8 Å². The molecule has 1 aliphatic rings. The number of guanidine groups is 1. The van der Waals surface area contributed by atoms with E-state index in [1.54, 1.807) is 19.0 Å². The molecular weight excluding hydrogens is 497 g/mol. The van der Waals surface area contributed by atoms with Crippen molar-refractivity contribution in [2.45, 2.75) is 13.3 Å². The highest BCUT2D eigenvalue weighted by Crippen LogP contribution is 2.10. The fourth-order valence-corrected chi connectivity index (χ4v) is 2.77. The number of halogens is 1. The van der Waals surface area contributed by atoms with Gasteiger partial charge in [0.05, 0.1) is 19.8 Å². The summed E-state index contributed by atoms with van der Waals surface area (Å²) in [6.07, 6.45) is 1.00. The van der Waals surface area contributed by atoms with Crippen molar-refractivity contribution in [2.24, 2.45) is 4.99 Å². The largest absolute Gasteiger partial charge is 0.492 e. The zero-order chi connectivity index (χ0) is 20.9. The number of ether oxygens (including phenoxy) is 2. The lowest BCUT2D eigenvalue weighted by Crippen LogP contribution is -2.42. The number of nitrogens with one attached hydrogen (secondary N) is 2. The lowest BCUT2D eigenvalue weighted by atomic mass is 10.2. The molecule has 0 saturated carbocycles. The Labute approximate surface area is 197 Å². The summed E-state index contributed by atoms with van der Waals surface area (Å²) in [4.78, 5) is 20.2. The molecule has 30 heavy (non-hydrogen) atoms. The normalized spacial score (nSPS) is 14.6. The van der Waals surface area contributed by atoms with Gasteiger partial charge in [-0.05, 0) is 32.0 Å². The molecule has 1 amide bonds. The van der Waals surface area contributed by atoms with Gasteiger partial charge in [-0.2, -0.15) is 0 Å². The van der Waals surface area contributed by atoms with Crippen LogP contribution in [0.15, 0.2) is 29.3 Å². The molecule has 0 radical (unpaired) electrons. The molecule has 1 aliphatic heterocycles. The number of rotatable bonds is 10. The van der Waals surface area contributed by atoms with Crippen molar-refractivity contribution in [1.29, 1.82) is 0 Å². The van der Waals surface area contributed by atoms with Gasteiger partial charge in [-0.25, -0.2) is 4.99 Å². The van der Waals surface area contributed by atoms with Gasteiger partial charge in [-0.3, -0.25) is 9.69 Å². The Kier molecular flexibility index (Phi) is 13.4. The van der Waals surface area contributed by atoms with Gasteiger partial charge in [-0.1, -0.05) is 17.7 Å². The van der Waals surface area contributed by atoms with Crippen LogP contribution < -0.4 is 15.4 Å². The van der Waals surface area contributed by atoms with E-state index in [1.807, 2.05) is 31.2 Å². The molecule has 0 spiro atoms. The van der Waals surface area contributed by atoms with E-state index in [0.717, 1.165) is 51.6 Å². The van der Waals surface area contributed by atoms with Crippen molar-refractivity contribution < 1.29 is 14.3 Å². The molecule has 2 rings (SSSR count). The lowest BCUT2D eigenvalue weighted by Gasteiger charge is -2.26. The van der Waals surface area contributed by atoms with E-state index in [9.17, 15) is 4.79 Å². The maximum atomic E-state index is 11.8. The summed E-state index contributed by atoms with van der Waals surface area (Å²) in [5.41, 5.74) is 1.21. The molecule has 1 heterocycles. The van der Waals surface area contributed by atoms with Crippen LogP contribution in [0.25, 0.3) is 0 Å². The van der Waals surface area contributed by atoms with Crippen LogP contribution in [0.5, 0.6) is 5.75 Å². The average molecular weight is 533 g/mol. The predicted molar refractivity (Wildman–Crippen MR) is 131 cm³/mol. The molecule has 1 aromatic rings. The average Bonchev–Trinajstić information content (AvgIpc) is 2.73. The molecule has 1 fully saturated rings. The first-order valence-corrected chi connectivity index (χ1v) is 10.3. The van der Waals surface area contributed by atoms with Gasteiger partial charge in [0.15, 0.2) is 5.96 Å². The quantitative estimate of drug-likeness (QED) is 0.205. The van der Waals surface area contributed by atoms with Gasteiger partial charge in [0, 0.05) is 33.7 Å². The minimum Gasteiger partial charge on any atom is -0.492 e. The Balaban J connectivity index is 0.00000450. The zero-order valence-electron chi connectivity index (χ0n) is 18.4. The van der Waals surface area contributed by atoms with Crippen molar-refractivity contribution in [3.8, 4) is 5.75 Å². The van der Waals surface area contributed by atoms with Gasteiger partial charge < -0.3 is 25.0 Å². The van der Waals surface area contributed by atoms with E-state index < -0.39 is 0 Å². The van der Waals surface area contributed by atoms with Crippen LogP contribution in [-0.4, -0.2) is 94.9 Å². The van der Waals surface area contributed by atoms with Crippen LogP contribution in [0, 0.1) is 6.92 Å². The number of aryl methyl sites for hydroxylation is 1. The smallest absolute Gasteiger partial charge is 0.243 e. The Bertz CT molecular complexity index is 634. The summed E-state index contributed by atoms with van der Waals surface area (Å²) in [6, 6.07) is 7.98. The van der Waals surface area contributed by atoms with Gasteiger partial charge in [0.25, 0.3) is 0 Å². The molecule has 9 heteroatoms. The van der Waals surface area contributed by atoms with Crippen molar-refractivity contribution in [1.82, 2.24) is 20.4 Å². The van der Waals surface area contributed by atoms with E-state index >= 15 is 0 Å². The summed E-state index contributed by atoms with van der Waals surface area (Å²) < 4.78 is 11.1. The molecule has 0 aromatic heterocycles. The highest BCUT2D eigenvalue weighted by molar-refractivity contribution is 14.0. The molecule has 170 valence electrons. The number of likely N-dealkylation sites (N-methyl/N-ethyl adjacent to an activating group) is 1. The zero-order valence-corrected chi connectivity index (χ0v) is 20.7. The summed E-state index contributed by atoms with van der Waals surface area (Å²) in [5.74, 6) is 1.45. The third-order valence-electron chi connectivity index (χ3n) is 4.60. The van der Waals surface area contributed by atoms with E-state index in [1.165, 1.54) is 5.56 Å². The van der Waals surface area contributed by atoms with E-state index in [4.69, 9.17) is 9.47 Å². The summed E-state index contributed by atoms with van der Waals surface area (Å²) in [6.45, 7) is 8.70. The molecule has 0 atom stereocenters. The molecular formula is C21H36IN5O3. The number of aliphatic imine (C=N–C) groups is 1. The molecule has 1 aromatic carbocycles. The maximum Gasteiger partial charge on any atom is 0.243 e. The molecule has 8 nitrogen and oxygen atoms in total. The summed E-state index contributed by atoms with van der Waals surface area (Å²) >= 11 is 0. The van der Waals surface area contributed by atoms with E-state index in [2.05, 4.69) is 20.5 Å². The second kappa shape index (κ2) is 15.2.